The Hall–Kier alpha value is -1.45. The Morgan fingerprint density at radius 1 is 0.923 bits per heavy atom. The van der Waals surface area contributed by atoms with E-state index >= 15 is 0 Å². The summed E-state index contributed by atoms with van der Waals surface area (Å²) < 4.78 is 16.6. The molecular formula is C19H16BrIO5. The number of halogens is 2. The normalized spacial score (nSPS) is 25.3. The van der Waals surface area contributed by atoms with E-state index in [9.17, 15) is 9.59 Å². The lowest BCUT2D eigenvalue weighted by Gasteiger charge is -2.37. The first kappa shape index (κ1) is 19.3. The van der Waals surface area contributed by atoms with Gasteiger partial charge in [-0.05, 0) is 24.3 Å². The molecule has 1 unspecified atom stereocenters. The van der Waals surface area contributed by atoms with Gasteiger partial charge in [-0.1, -0.05) is 74.9 Å². The van der Waals surface area contributed by atoms with Gasteiger partial charge in [-0.3, -0.25) is 0 Å². The first-order chi connectivity index (χ1) is 12.6. The van der Waals surface area contributed by atoms with E-state index in [1.165, 1.54) is 0 Å². The van der Waals surface area contributed by atoms with Gasteiger partial charge in [-0.15, -0.1) is 0 Å². The van der Waals surface area contributed by atoms with Gasteiger partial charge in [0.25, 0.3) is 0 Å². The highest BCUT2D eigenvalue weighted by Crippen LogP contribution is 2.31. The lowest BCUT2D eigenvalue weighted by molar-refractivity contribution is -0.101. The van der Waals surface area contributed by atoms with Gasteiger partial charge in [-0.2, -0.15) is 0 Å². The average molecular weight is 531 g/mol. The molecule has 1 saturated heterocycles. The van der Waals surface area contributed by atoms with Crippen LogP contribution < -0.4 is 0 Å². The Kier molecular flexibility index (Phi) is 6.66. The van der Waals surface area contributed by atoms with Crippen LogP contribution in [0.25, 0.3) is 0 Å². The number of rotatable bonds is 4. The van der Waals surface area contributed by atoms with Crippen molar-refractivity contribution in [3.05, 3.63) is 71.8 Å². The van der Waals surface area contributed by atoms with E-state index in [2.05, 4.69) is 38.5 Å². The molecular weight excluding hydrogens is 515 g/mol. The van der Waals surface area contributed by atoms with E-state index in [0.29, 0.717) is 11.1 Å². The summed E-state index contributed by atoms with van der Waals surface area (Å²) in [4.78, 5) is 24.8. The smallest absolute Gasteiger partial charge is 0.338 e. The SMILES string of the molecule is O=C(O[C@H]1[C@H](OC(=O)c2ccccc2)COC(Br)[C@@H]1I)c1ccccc1. The van der Waals surface area contributed by atoms with Crippen LogP contribution in [0.1, 0.15) is 20.7 Å². The third-order valence-corrected chi connectivity index (χ3v) is 7.06. The van der Waals surface area contributed by atoms with Crippen LogP contribution in [-0.4, -0.2) is 39.7 Å². The third-order valence-electron chi connectivity index (χ3n) is 3.87. The van der Waals surface area contributed by atoms with Crippen molar-refractivity contribution in [2.45, 2.75) is 21.1 Å². The minimum atomic E-state index is -0.689. The number of alkyl halides is 2. The molecule has 4 atom stereocenters. The monoisotopic (exact) mass is 530 g/mol. The summed E-state index contributed by atoms with van der Waals surface area (Å²) >= 11 is 5.55. The molecule has 1 fully saturated rings. The van der Waals surface area contributed by atoms with Crippen molar-refractivity contribution in [1.29, 1.82) is 0 Å². The second kappa shape index (κ2) is 8.96. The molecule has 0 aliphatic carbocycles. The molecule has 0 N–H and O–H groups in total. The standard InChI is InChI=1S/C19H16BrIO5/c20-17-15(21)16(26-19(23)13-9-5-2-6-10-13)14(11-24-17)25-18(22)12-7-3-1-4-8-12/h1-10,14-17H,11H2/t14-,15-,16+,17?/m1/s1. The molecule has 0 spiro atoms. The number of benzene rings is 2. The first-order valence-corrected chi connectivity index (χ1v) is 10.1. The van der Waals surface area contributed by atoms with E-state index in [-0.39, 0.29) is 15.5 Å². The zero-order valence-electron chi connectivity index (χ0n) is 13.6. The number of carbonyl (C=O) groups is 2. The van der Waals surface area contributed by atoms with E-state index in [0.717, 1.165) is 0 Å². The van der Waals surface area contributed by atoms with Gasteiger partial charge in [0.2, 0.25) is 0 Å². The van der Waals surface area contributed by atoms with Crippen molar-refractivity contribution in [1.82, 2.24) is 0 Å². The molecule has 0 aromatic heterocycles. The molecule has 0 bridgehead atoms. The molecule has 26 heavy (non-hydrogen) atoms. The molecule has 0 radical (unpaired) electrons. The van der Waals surface area contributed by atoms with Crippen molar-refractivity contribution in [2.24, 2.45) is 0 Å². The second-order valence-corrected chi connectivity index (χ2v) is 8.02. The van der Waals surface area contributed by atoms with Crippen molar-refractivity contribution < 1.29 is 23.8 Å². The largest absolute Gasteiger partial charge is 0.453 e. The molecule has 3 rings (SSSR count). The van der Waals surface area contributed by atoms with Crippen LogP contribution in [0.2, 0.25) is 0 Å². The third kappa shape index (κ3) is 4.63. The van der Waals surface area contributed by atoms with Crippen LogP contribution in [0.15, 0.2) is 60.7 Å². The molecule has 2 aromatic carbocycles. The fraction of sp³-hybridized carbons (Fsp3) is 0.263. The Balaban J connectivity index is 1.74. The highest BCUT2D eigenvalue weighted by Gasteiger charge is 2.43. The van der Waals surface area contributed by atoms with Gasteiger partial charge in [0, 0.05) is 0 Å². The lowest BCUT2D eigenvalue weighted by atomic mass is 10.1. The summed E-state index contributed by atoms with van der Waals surface area (Å²) in [6.45, 7) is 0.140. The molecule has 0 amide bonds. The van der Waals surface area contributed by atoms with E-state index in [1.807, 2.05) is 12.1 Å². The van der Waals surface area contributed by atoms with Gasteiger partial charge in [0.15, 0.2) is 12.2 Å². The van der Waals surface area contributed by atoms with Crippen molar-refractivity contribution in [3.63, 3.8) is 0 Å². The van der Waals surface area contributed by atoms with Gasteiger partial charge >= 0.3 is 11.9 Å². The fourth-order valence-corrected chi connectivity index (χ4v) is 3.79. The quantitative estimate of drug-likeness (QED) is 0.340. The van der Waals surface area contributed by atoms with E-state index < -0.39 is 24.1 Å². The molecule has 136 valence electrons. The molecule has 2 aromatic rings. The van der Waals surface area contributed by atoms with Gasteiger partial charge in [-0.25, -0.2) is 9.59 Å². The lowest BCUT2D eigenvalue weighted by Crippen LogP contribution is -2.52. The minimum Gasteiger partial charge on any atom is -0.453 e. The number of hydrogen-bond acceptors (Lipinski definition) is 5. The Bertz CT molecular complexity index is 755. The minimum absolute atomic E-state index is 0.140. The van der Waals surface area contributed by atoms with Crippen LogP contribution in [0.3, 0.4) is 0 Å². The maximum Gasteiger partial charge on any atom is 0.338 e. The van der Waals surface area contributed by atoms with Crippen LogP contribution in [0.5, 0.6) is 0 Å². The summed E-state index contributed by atoms with van der Waals surface area (Å²) in [7, 11) is 0. The van der Waals surface area contributed by atoms with Crippen LogP contribution in [-0.2, 0) is 14.2 Å². The second-order valence-electron chi connectivity index (χ2n) is 5.67. The molecule has 0 saturated carbocycles. The predicted octanol–water partition coefficient (Wildman–Crippen LogP) is 3.99. The summed E-state index contributed by atoms with van der Waals surface area (Å²) in [5, 5.41) is -0.302. The van der Waals surface area contributed by atoms with Gasteiger partial charge in [0.05, 0.1) is 21.7 Å². The molecule has 1 aliphatic rings. The molecule has 1 heterocycles. The van der Waals surface area contributed by atoms with E-state index in [4.69, 9.17) is 14.2 Å². The maximum atomic E-state index is 12.4. The number of carbonyl (C=O) groups excluding carboxylic acids is 2. The van der Waals surface area contributed by atoms with Crippen LogP contribution in [0.4, 0.5) is 0 Å². The summed E-state index contributed by atoms with van der Waals surface area (Å²) in [6.07, 6.45) is -1.32. The predicted molar refractivity (Wildman–Crippen MR) is 108 cm³/mol. The number of ether oxygens (including phenoxy) is 3. The fourth-order valence-electron chi connectivity index (χ4n) is 2.52. The highest BCUT2D eigenvalue weighted by molar-refractivity contribution is 14.1. The summed E-state index contributed by atoms with van der Waals surface area (Å²) in [6, 6.07) is 17.4. The zero-order chi connectivity index (χ0) is 18.5. The number of esters is 2. The summed E-state index contributed by atoms with van der Waals surface area (Å²) in [5.74, 6) is -0.934. The summed E-state index contributed by atoms with van der Waals surface area (Å²) in [5.41, 5.74) is 0.883. The zero-order valence-corrected chi connectivity index (χ0v) is 17.3. The molecule has 5 nitrogen and oxygen atoms in total. The molecule has 1 aliphatic heterocycles. The Morgan fingerprint density at radius 2 is 1.42 bits per heavy atom. The van der Waals surface area contributed by atoms with Crippen molar-refractivity contribution in [3.8, 4) is 0 Å². The maximum absolute atomic E-state index is 12.4. The average Bonchev–Trinajstić information content (AvgIpc) is 2.68. The van der Waals surface area contributed by atoms with Crippen molar-refractivity contribution in [2.75, 3.05) is 6.61 Å². The number of hydrogen-bond donors (Lipinski definition) is 0. The molecule has 7 heteroatoms. The van der Waals surface area contributed by atoms with Crippen molar-refractivity contribution >= 4 is 50.5 Å². The first-order valence-electron chi connectivity index (χ1n) is 7.98. The van der Waals surface area contributed by atoms with Gasteiger partial charge < -0.3 is 14.2 Å². The highest BCUT2D eigenvalue weighted by atomic mass is 127. The van der Waals surface area contributed by atoms with Gasteiger partial charge in [0.1, 0.15) is 5.01 Å². The Morgan fingerprint density at radius 3 is 1.96 bits per heavy atom. The van der Waals surface area contributed by atoms with Crippen LogP contribution >= 0.6 is 38.5 Å². The van der Waals surface area contributed by atoms with E-state index in [1.54, 1.807) is 48.5 Å². The van der Waals surface area contributed by atoms with Crippen LogP contribution in [0, 0.1) is 0 Å². The topological polar surface area (TPSA) is 61.8 Å². The Labute approximate surface area is 173 Å².